The Morgan fingerprint density at radius 1 is 1.50 bits per heavy atom. The van der Waals surface area contributed by atoms with Crippen LogP contribution < -0.4 is 5.73 Å². The fourth-order valence-corrected chi connectivity index (χ4v) is 4.10. The summed E-state index contributed by atoms with van der Waals surface area (Å²) >= 11 is 3.47. The second-order valence-corrected chi connectivity index (χ2v) is 7.75. The number of nitrogens with zero attached hydrogens (tertiary/aromatic N) is 2. The Morgan fingerprint density at radius 2 is 2.21 bits per heavy atom. The van der Waals surface area contributed by atoms with E-state index in [0.29, 0.717) is 6.54 Å². The van der Waals surface area contributed by atoms with E-state index in [1.807, 2.05) is 13.3 Å². The zero-order chi connectivity index (χ0) is 16.7. The predicted molar refractivity (Wildman–Crippen MR) is 105 cm³/mol. The summed E-state index contributed by atoms with van der Waals surface area (Å²) < 4.78 is 5.46. The summed E-state index contributed by atoms with van der Waals surface area (Å²) in [5.41, 5.74) is 6.04. The van der Waals surface area contributed by atoms with Gasteiger partial charge >= 0.3 is 0 Å². The van der Waals surface area contributed by atoms with Crippen molar-refractivity contribution in [1.29, 1.82) is 0 Å². The molecule has 0 aromatic carbocycles. The first-order valence-corrected chi connectivity index (χ1v) is 10.3. The van der Waals surface area contributed by atoms with Gasteiger partial charge in [-0.2, -0.15) is 11.8 Å². The van der Waals surface area contributed by atoms with Crippen molar-refractivity contribution in [1.82, 2.24) is 9.80 Å². The first kappa shape index (κ1) is 21.7. The number of carbonyl (C=O) groups excluding carboxylic acids is 1. The molecular weight excluding hydrogens is 366 g/mol. The van der Waals surface area contributed by atoms with Gasteiger partial charge in [0.05, 0.1) is 25.3 Å². The lowest BCUT2D eigenvalue weighted by Gasteiger charge is -2.36. The number of rotatable bonds is 8. The molecule has 138 valence electrons. The van der Waals surface area contributed by atoms with Crippen molar-refractivity contribution < 1.29 is 9.53 Å². The number of morpholine rings is 1. The van der Waals surface area contributed by atoms with Crippen LogP contribution >= 0.6 is 35.5 Å². The van der Waals surface area contributed by atoms with Crippen LogP contribution in [0.3, 0.4) is 0 Å². The summed E-state index contributed by atoms with van der Waals surface area (Å²) in [5, 5.41) is 2.09. The first-order chi connectivity index (χ1) is 11.1. The van der Waals surface area contributed by atoms with Crippen LogP contribution in [0, 0.1) is 0 Å². The standard InChI is InChI=1S/C16H27N3O2S2.ClH/c1-18(16(20)13(17)5-11-22-2)12-14(15-4-3-10-23-15)19-6-8-21-9-7-19;/h3-4,10,13-14H,5-9,11-12,17H2,1-2H3;1H/t13-,14?;/m0./s1. The van der Waals surface area contributed by atoms with Crippen LogP contribution in [-0.2, 0) is 9.53 Å². The molecule has 2 heterocycles. The summed E-state index contributed by atoms with van der Waals surface area (Å²) in [4.78, 5) is 18.0. The minimum absolute atomic E-state index is 0. The van der Waals surface area contributed by atoms with Gasteiger partial charge in [-0.25, -0.2) is 0 Å². The summed E-state index contributed by atoms with van der Waals surface area (Å²) in [5.74, 6) is 0.951. The van der Waals surface area contributed by atoms with Crippen molar-refractivity contribution in [3.8, 4) is 0 Å². The maximum Gasteiger partial charge on any atom is 0.239 e. The maximum atomic E-state index is 12.5. The Bertz CT molecular complexity index is 470. The van der Waals surface area contributed by atoms with E-state index in [4.69, 9.17) is 10.5 Å². The monoisotopic (exact) mass is 393 g/mol. The van der Waals surface area contributed by atoms with E-state index >= 15 is 0 Å². The summed E-state index contributed by atoms with van der Waals surface area (Å²) in [6, 6.07) is 4.04. The lowest BCUT2D eigenvalue weighted by molar-refractivity contribution is -0.132. The minimum atomic E-state index is -0.402. The van der Waals surface area contributed by atoms with Crippen LogP contribution in [0.15, 0.2) is 17.5 Å². The molecule has 5 nitrogen and oxygen atoms in total. The van der Waals surface area contributed by atoms with E-state index in [0.717, 1.165) is 38.5 Å². The number of hydrogen-bond donors (Lipinski definition) is 1. The molecule has 2 rings (SSSR count). The summed E-state index contributed by atoms with van der Waals surface area (Å²) in [6.45, 7) is 4.00. The molecule has 0 radical (unpaired) electrons. The van der Waals surface area contributed by atoms with Gasteiger partial charge in [0.15, 0.2) is 0 Å². The predicted octanol–water partition coefficient (Wildman–Crippen LogP) is 2.08. The van der Waals surface area contributed by atoms with Gasteiger partial charge in [-0.3, -0.25) is 9.69 Å². The average Bonchev–Trinajstić information content (AvgIpc) is 3.11. The third-order valence-corrected chi connectivity index (χ3v) is 5.75. The van der Waals surface area contributed by atoms with Crippen molar-refractivity contribution in [3.63, 3.8) is 0 Å². The Labute approximate surface area is 159 Å². The van der Waals surface area contributed by atoms with Crippen molar-refractivity contribution in [2.75, 3.05) is 51.9 Å². The zero-order valence-corrected chi connectivity index (χ0v) is 16.8. The zero-order valence-electron chi connectivity index (χ0n) is 14.3. The number of amides is 1. The molecule has 24 heavy (non-hydrogen) atoms. The highest BCUT2D eigenvalue weighted by molar-refractivity contribution is 7.98. The number of nitrogens with two attached hydrogens (primary N) is 1. The molecule has 2 N–H and O–H groups in total. The topological polar surface area (TPSA) is 58.8 Å². The van der Waals surface area contributed by atoms with Crippen LogP contribution in [0.4, 0.5) is 0 Å². The van der Waals surface area contributed by atoms with Crippen molar-refractivity contribution in [3.05, 3.63) is 22.4 Å². The van der Waals surface area contributed by atoms with E-state index < -0.39 is 6.04 Å². The fraction of sp³-hybridized carbons (Fsp3) is 0.688. The van der Waals surface area contributed by atoms with E-state index in [9.17, 15) is 4.79 Å². The van der Waals surface area contributed by atoms with E-state index in [2.05, 4.69) is 22.4 Å². The number of ether oxygens (including phenoxy) is 1. The molecule has 1 unspecified atom stereocenters. The average molecular weight is 394 g/mol. The molecule has 1 aliphatic rings. The normalized spacial score (nSPS) is 17.8. The fourth-order valence-electron chi connectivity index (χ4n) is 2.76. The van der Waals surface area contributed by atoms with Crippen LogP contribution in [0.5, 0.6) is 0 Å². The van der Waals surface area contributed by atoms with Crippen molar-refractivity contribution >= 4 is 41.4 Å². The Balaban J connectivity index is 0.00000288. The van der Waals surface area contributed by atoms with Gasteiger partial charge in [0.2, 0.25) is 5.91 Å². The Kier molecular flexibility index (Phi) is 10.3. The third-order valence-electron chi connectivity index (χ3n) is 4.13. The molecule has 0 spiro atoms. The van der Waals surface area contributed by atoms with Gasteiger partial charge in [-0.15, -0.1) is 23.7 Å². The van der Waals surface area contributed by atoms with Gasteiger partial charge in [0.1, 0.15) is 0 Å². The van der Waals surface area contributed by atoms with Crippen LogP contribution in [-0.4, -0.2) is 73.7 Å². The number of thiophene rings is 1. The van der Waals surface area contributed by atoms with E-state index in [1.54, 1.807) is 28.0 Å². The molecule has 1 aromatic rings. The SMILES string of the molecule is CSCC[C@H](N)C(=O)N(C)CC(c1cccs1)N1CCOCC1.Cl. The lowest BCUT2D eigenvalue weighted by Crippen LogP contribution is -2.47. The number of hydrogen-bond acceptors (Lipinski definition) is 6. The molecule has 0 saturated carbocycles. The second kappa shape index (κ2) is 11.3. The number of halogens is 1. The van der Waals surface area contributed by atoms with E-state index in [-0.39, 0.29) is 24.4 Å². The van der Waals surface area contributed by atoms with Gasteiger partial charge in [-0.1, -0.05) is 6.07 Å². The number of thioether (sulfide) groups is 1. The molecule has 2 atom stereocenters. The largest absolute Gasteiger partial charge is 0.379 e. The van der Waals surface area contributed by atoms with Gasteiger partial charge in [0, 0.05) is 31.6 Å². The molecule has 8 heteroatoms. The molecular formula is C16H28ClN3O2S2. The molecule has 1 aliphatic heterocycles. The van der Waals surface area contributed by atoms with Crippen LogP contribution in [0.1, 0.15) is 17.3 Å². The highest BCUT2D eigenvalue weighted by Crippen LogP contribution is 2.27. The van der Waals surface area contributed by atoms with Crippen LogP contribution in [0.2, 0.25) is 0 Å². The quantitative estimate of drug-likeness (QED) is 0.732. The minimum Gasteiger partial charge on any atom is -0.379 e. The first-order valence-electron chi connectivity index (χ1n) is 7.98. The van der Waals surface area contributed by atoms with Crippen molar-refractivity contribution in [2.45, 2.75) is 18.5 Å². The Morgan fingerprint density at radius 3 is 2.79 bits per heavy atom. The molecule has 1 fully saturated rings. The van der Waals surface area contributed by atoms with Crippen LogP contribution in [0.25, 0.3) is 0 Å². The highest BCUT2D eigenvalue weighted by atomic mass is 35.5. The third kappa shape index (κ3) is 6.20. The molecule has 1 saturated heterocycles. The van der Waals surface area contributed by atoms with Gasteiger partial charge in [0.25, 0.3) is 0 Å². The maximum absolute atomic E-state index is 12.5. The molecule has 1 aromatic heterocycles. The van der Waals surface area contributed by atoms with E-state index in [1.165, 1.54) is 4.88 Å². The molecule has 0 bridgehead atoms. The summed E-state index contributed by atoms with van der Waals surface area (Å²) in [6.07, 6.45) is 2.76. The summed E-state index contributed by atoms with van der Waals surface area (Å²) in [7, 11) is 1.86. The number of carbonyl (C=O) groups is 1. The lowest BCUT2D eigenvalue weighted by atomic mass is 10.1. The second-order valence-electron chi connectivity index (χ2n) is 5.79. The van der Waals surface area contributed by atoms with Crippen molar-refractivity contribution in [2.24, 2.45) is 5.73 Å². The molecule has 1 amide bonds. The Hall–Kier alpha value is -0.310. The molecule has 0 aliphatic carbocycles. The number of likely N-dealkylation sites (N-methyl/N-ethyl adjacent to an activating group) is 1. The highest BCUT2D eigenvalue weighted by Gasteiger charge is 2.27. The smallest absolute Gasteiger partial charge is 0.239 e. The van der Waals surface area contributed by atoms with Gasteiger partial charge in [-0.05, 0) is 29.9 Å². The van der Waals surface area contributed by atoms with Gasteiger partial charge < -0.3 is 15.4 Å².